The SMILES string of the molecule is CC(=O)OCC(=O)[C@@]1(O)[C@H](O)C[C@H]2[C@@H]3C[C@@H](F)C4=CC(=O)C=C[C@]4(C)[C@@]34O[C@@H]4C[C@@]21C. The maximum Gasteiger partial charge on any atom is 0.303 e. The summed E-state index contributed by atoms with van der Waals surface area (Å²) in [7, 11) is 0. The Morgan fingerprint density at radius 1 is 1.29 bits per heavy atom. The predicted octanol–water partition coefficient (Wildman–Crippen LogP) is 1.21. The molecule has 3 saturated carbocycles. The van der Waals surface area contributed by atoms with E-state index < -0.39 is 52.7 Å². The van der Waals surface area contributed by atoms with Crippen LogP contribution < -0.4 is 0 Å². The molecular formula is C23H27FO7. The highest BCUT2D eigenvalue weighted by Crippen LogP contribution is 2.76. The third-order valence-electron chi connectivity index (χ3n) is 8.97. The van der Waals surface area contributed by atoms with Crippen molar-refractivity contribution in [2.24, 2.45) is 22.7 Å². The van der Waals surface area contributed by atoms with Crippen molar-refractivity contribution in [2.45, 2.75) is 69.6 Å². The predicted molar refractivity (Wildman–Crippen MR) is 104 cm³/mol. The Bertz CT molecular complexity index is 958. The minimum absolute atomic E-state index is 0.0975. The molecule has 9 atom stereocenters. The lowest BCUT2D eigenvalue weighted by Gasteiger charge is -2.56. The molecule has 0 unspecified atom stereocenters. The second-order valence-electron chi connectivity index (χ2n) is 10.2. The number of carbonyl (C=O) groups is 3. The van der Waals surface area contributed by atoms with Crippen molar-refractivity contribution in [1.82, 2.24) is 0 Å². The fraction of sp³-hybridized carbons (Fsp3) is 0.696. The quantitative estimate of drug-likeness (QED) is 0.507. The third-order valence-corrected chi connectivity index (χ3v) is 8.97. The van der Waals surface area contributed by atoms with Gasteiger partial charge in [-0.2, -0.15) is 0 Å². The Kier molecular flexibility index (Phi) is 4.14. The van der Waals surface area contributed by atoms with Gasteiger partial charge in [0.1, 0.15) is 11.8 Å². The van der Waals surface area contributed by atoms with Gasteiger partial charge in [0, 0.05) is 17.8 Å². The lowest BCUT2D eigenvalue weighted by atomic mass is 9.46. The summed E-state index contributed by atoms with van der Waals surface area (Å²) in [5, 5.41) is 22.4. The van der Waals surface area contributed by atoms with Crippen molar-refractivity contribution in [1.29, 1.82) is 0 Å². The lowest BCUT2D eigenvalue weighted by molar-refractivity contribution is -0.178. The van der Waals surface area contributed by atoms with Gasteiger partial charge in [0.25, 0.3) is 0 Å². The number of carbonyl (C=O) groups excluding carboxylic acids is 3. The van der Waals surface area contributed by atoms with Crippen LogP contribution in [0.25, 0.3) is 0 Å². The molecule has 0 aromatic heterocycles. The number of ether oxygens (including phenoxy) is 2. The van der Waals surface area contributed by atoms with Crippen LogP contribution in [0.1, 0.15) is 40.0 Å². The van der Waals surface area contributed by atoms with Crippen LogP contribution in [0.3, 0.4) is 0 Å². The molecule has 1 spiro atoms. The Balaban J connectivity index is 1.55. The lowest BCUT2D eigenvalue weighted by Crippen LogP contribution is -2.64. The third kappa shape index (κ3) is 2.31. The first kappa shape index (κ1) is 21.0. The second kappa shape index (κ2) is 6.11. The zero-order valence-electron chi connectivity index (χ0n) is 17.8. The molecule has 0 bridgehead atoms. The fourth-order valence-electron chi connectivity index (χ4n) is 7.44. The summed E-state index contributed by atoms with van der Waals surface area (Å²) < 4.78 is 26.5. The van der Waals surface area contributed by atoms with Crippen LogP contribution in [-0.4, -0.2) is 63.9 Å². The van der Waals surface area contributed by atoms with E-state index in [4.69, 9.17) is 9.47 Å². The van der Waals surface area contributed by atoms with E-state index in [1.807, 2.05) is 6.92 Å². The molecule has 168 valence electrons. The van der Waals surface area contributed by atoms with Gasteiger partial charge < -0.3 is 19.7 Å². The molecule has 4 aliphatic carbocycles. The van der Waals surface area contributed by atoms with Crippen LogP contribution in [0.15, 0.2) is 23.8 Å². The van der Waals surface area contributed by atoms with E-state index >= 15 is 4.39 Å². The van der Waals surface area contributed by atoms with E-state index in [-0.39, 0.29) is 36.6 Å². The Hall–Kier alpha value is -1.90. The summed E-state index contributed by atoms with van der Waals surface area (Å²) in [4.78, 5) is 36.0. The first-order valence-electron chi connectivity index (χ1n) is 10.8. The molecule has 2 N–H and O–H groups in total. The molecule has 0 radical (unpaired) electrons. The van der Waals surface area contributed by atoms with Gasteiger partial charge in [0.15, 0.2) is 18.0 Å². The van der Waals surface area contributed by atoms with Gasteiger partial charge >= 0.3 is 5.97 Å². The fourth-order valence-corrected chi connectivity index (χ4v) is 7.44. The Morgan fingerprint density at radius 3 is 2.68 bits per heavy atom. The first-order valence-corrected chi connectivity index (χ1v) is 10.8. The molecule has 5 aliphatic rings. The van der Waals surface area contributed by atoms with E-state index in [2.05, 4.69) is 0 Å². The van der Waals surface area contributed by atoms with Gasteiger partial charge in [-0.1, -0.05) is 13.0 Å². The normalized spacial score (nSPS) is 51.7. The van der Waals surface area contributed by atoms with Gasteiger partial charge in [0.2, 0.25) is 5.78 Å². The summed E-state index contributed by atoms with van der Waals surface area (Å²) in [5.74, 6) is -2.38. The summed E-state index contributed by atoms with van der Waals surface area (Å²) in [5.41, 5.74) is -4.30. The van der Waals surface area contributed by atoms with Gasteiger partial charge in [-0.25, -0.2) is 4.39 Å². The monoisotopic (exact) mass is 434 g/mol. The average molecular weight is 434 g/mol. The van der Waals surface area contributed by atoms with Crippen LogP contribution in [0.5, 0.6) is 0 Å². The highest BCUT2D eigenvalue weighted by atomic mass is 19.1. The number of ketones is 2. The number of rotatable bonds is 3. The van der Waals surface area contributed by atoms with Gasteiger partial charge in [-0.05, 0) is 55.7 Å². The second-order valence-corrected chi connectivity index (χ2v) is 10.2. The summed E-state index contributed by atoms with van der Waals surface area (Å²) in [6.45, 7) is 4.16. The highest BCUT2D eigenvalue weighted by molar-refractivity contribution is 6.01. The van der Waals surface area contributed by atoms with Crippen molar-refractivity contribution in [3.05, 3.63) is 23.8 Å². The van der Waals surface area contributed by atoms with Crippen LogP contribution >= 0.6 is 0 Å². The molecule has 1 saturated heterocycles. The average Bonchev–Trinajstić information content (AvgIpc) is 3.38. The number of hydrogen-bond donors (Lipinski definition) is 2. The van der Waals surface area contributed by atoms with E-state index in [1.165, 1.54) is 12.2 Å². The number of allylic oxidation sites excluding steroid dienone is 2. The molecular weight excluding hydrogens is 407 g/mol. The van der Waals surface area contributed by atoms with Crippen molar-refractivity contribution in [2.75, 3.05) is 6.61 Å². The topological polar surface area (TPSA) is 113 Å². The number of esters is 1. The maximum absolute atomic E-state index is 15.4. The van der Waals surface area contributed by atoms with E-state index in [0.29, 0.717) is 12.0 Å². The maximum atomic E-state index is 15.4. The largest absolute Gasteiger partial charge is 0.458 e. The van der Waals surface area contributed by atoms with Crippen molar-refractivity contribution < 1.29 is 38.5 Å². The van der Waals surface area contributed by atoms with Crippen molar-refractivity contribution in [3.63, 3.8) is 0 Å². The molecule has 8 heteroatoms. The van der Waals surface area contributed by atoms with Crippen LogP contribution in [0.2, 0.25) is 0 Å². The minimum Gasteiger partial charge on any atom is -0.458 e. The number of halogens is 1. The number of fused-ring (bicyclic) bond motifs is 3. The van der Waals surface area contributed by atoms with E-state index in [9.17, 15) is 24.6 Å². The van der Waals surface area contributed by atoms with Crippen molar-refractivity contribution >= 4 is 17.5 Å². The molecule has 1 aliphatic heterocycles. The molecule has 0 amide bonds. The zero-order chi connectivity index (χ0) is 22.6. The molecule has 0 aromatic carbocycles. The van der Waals surface area contributed by atoms with Crippen LogP contribution in [0.4, 0.5) is 4.39 Å². The minimum atomic E-state index is -2.12. The van der Waals surface area contributed by atoms with Crippen LogP contribution in [0, 0.1) is 22.7 Å². The molecule has 1 heterocycles. The number of aliphatic hydroxyl groups is 2. The standard InChI is InChI=1S/C23H27FO7/c1-11(25)30-10-18(28)22(29)17(27)8-13-14-7-16(24)15-6-12(26)4-5-20(15,2)23(14)19(31-23)9-21(13,22)3/h4-6,13-14,16-17,19,27,29H,7-10H2,1-3H3/t13-,14-,16+,17+,19+,20-,21-,22-,23+/m0/s1. The summed E-state index contributed by atoms with van der Waals surface area (Å²) in [6.07, 6.45) is 2.00. The smallest absolute Gasteiger partial charge is 0.303 e. The Morgan fingerprint density at radius 2 is 2.00 bits per heavy atom. The summed E-state index contributed by atoms with van der Waals surface area (Å²) >= 11 is 0. The first-order chi connectivity index (χ1) is 14.4. The van der Waals surface area contributed by atoms with Crippen LogP contribution in [-0.2, 0) is 23.9 Å². The van der Waals surface area contributed by atoms with Gasteiger partial charge in [-0.3, -0.25) is 14.4 Å². The molecule has 0 aromatic rings. The van der Waals surface area contributed by atoms with E-state index in [0.717, 1.165) is 6.92 Å². The molecule has 7 nitrogen and oxygen atoms in total. The molecule has 5 rings (SSSR count). The number of Topliss-reactive ketones (excluding diaryl/α,β-unsaturated/α-hetero) is 1. The van der Waals surface area contributed by atoms with Gasteiger partial charge in [-0.15, -0.1) is 0 Å². The molecule has 31 heavy (non-hydrogen) atoms. The molecule has 4 fully saturated rings. The highest BCUT2D eigenvalue weighted by Gasteiger charge is 2.83. The zero-order valence-corrected chi connectivity index (χ0v) is 17.8. The Labute approximate surface area is 179 Å². The number of hydrogen-bond acceptors (Lipinski definition) is 7. The number of aliphatic hydroxyl groups excluding tert-OH is 1. The van der Waals surface area contributed by atoms with Gasteiger partial charge in [0.05, 0.1) is 12.2 Å². The number of alkyl halides is 1. The van der Waals surface area contributed by atoms with E-state index in [1.54, 1.807) is 13.0 Å². The summed E-state index contributed by atoms with van der Waals surface area (Å²) in [6, 6.07) is 0. The van der Waals surface area contributed by atoms with Crippen molar-refractivity contribution in [3.8, 4) is 0 Å². The number of epoxide rings is 1.